The van der Waals surface area contributed by atoms with Crippen LogP contribution >= 0.6 is 20.0 Å². The number of phosphoric ester groups is 1. The second kappa shape index (κ2) is 21.7. The predicted molar refractivity (Wildman–Crippen MR) is 160 cm³/mol. The number of phosphoric acid groups is 1. The first-order valence-corrected chi connectivity index (χ1v) is 16.6. The van der Waals surface area contributed by atoms with Gasteiger partial charge in [-0.05, 0) is 24.7 Å². The van der Waals surface area contributed by atoms with E-state index in [1.807, 2.05) is 0 Å². The topological polar surface area (TPSA) is 149 Å². The smallest absolute Gasteiger partial charge is 0.387 e. The molecule has 10 nitrogen and oxygen atoms in total. The van der Waals surface area contributed by atoms with Crippen LogP contribution in [-0.2, 0) is 18.3 Å². The Morgan fingerprint density at radius 2 is 1.43 bits per heavy atom. The molecule has 5 N–H and O–H groups in total. The Hall–Kier alpha value is 0.0900. The molecular weight excluding hydrogens is 564 g/mol. The Balaban J connectivity index is 0.00000800. The van der Waals surface area contributed by atoms with Gasteiger partial charge < -0.3 is 25.6 Å². The maximum atomic E-state index is 12.2. The Kier molecular flexibility index (Phi) is 20.7. The van der Waals surface area contributed by atoms with E-state index in [1.165, 1.54) is 100 Å². The first-order chi connectivity index (χ1) is 18.7. The quantitative estimate of drug-likeness (QED) is 0.0544. The third-order valence-corrected chi connectivity index (χ3v) is 8.40. The molecular formula is C27H50N3NaO7PS. The number of nitrogen functional groups attached to an aromatic ring is 1. The molecule has 1 saturated heterocycles. The zero-order valence-corrected chi connectivity index (χ0v) is 28.2. The average molecular weight is 615 g/mol. The molecule has 1 unspecified atom stereocenters. The molecule has 40 heavy (non-hydrogen) atoms. The first-order valence-electron chi connectivity index (χ1n) is 14.7. The summed E-state index contributed by atoms with van der Waals surface area (Å²) in [5, 5.41) is 20.7. The van der Waals surface area contributed by atoms with Gasteiger partial charge in [-0.1, -0.05) is 103 Å². The standard InChI is InChI=1S/C27H50N3O7PS.Na/c1-2-3-4-5-6-7-8-9-10-11-12-13-14-15-16-17-20-35-38(33,34)36-21-22-24(31)25(32)26(37-22)30-19-18-23(28)29-27(30)39;/h18-19,22,24-26,31-32H,2-17,20-21H2,1H3,(H,33,34)(H2,28,29,39);/t22-,24-,25+,26-;/m1./s1. The van der Waals surface area contributed by atoms with Crippen molar-refractivity contribution < 1.29 is 33.5 Å². The number of hydrogen-bond donors (Lipinski definition) is 4. The van der Waals surface area contributed by atoms with Gasteiger partial charge in [-0.25, -0.2) is 9.55 Å². The fourth-order valence-corrected chi connectivity index (χ4v) is 5.79. The second-order valence-electron chi connectivity index (χ2n) is 10.5. The summed E-state index contributed by atoms with van der Waals surface area (Å²) in [7, 11) is -4.32. The van der Waals surface area contributed by atoms with Gasteiger partial charge in [0.2, 0.25) is 4.77 Å². The first kappa shape index (κ1) is 38.1. The van der Waals surface area contributed by atoms with Crippen LogP contribution < -0.4 is 5.73 Å². The molecule has 0 aliphatic carbocycles. The van der Waals surface area contributed by atoms with E-state index < -0.39 is 39.0 Å². The van der Waals surface area contributed by atoms with E-state index in [-0.39, 0.29) is 46.8 Å². The summed E-state index contributed by atoms with van der Waals surface area (Å²) in [6.07, 6.45) is 16.7. The molecule has 1 aromatic rings. The van der Waals surface area contributed by atoms with Crippen molar-refractivity contribution in [3.05, 3.63) is 17.0 Å². The predicted octanol–water partition coefficient (Wildman–Crippen LogP) is 5.83. The van der Waals surface area contributed by atoms with Crippen LogP contribution in [0.25, 0.3) is 0 Å². The van der Waals surface area contributed by atoms with Crippen molar-refractivity contribution in [3.8, 4) is 0 Å². The minimum Gasteiger partial charge on any atom is -0.387 e. The molecule has 1 fully saturated rings. The molecule has 0 aromatic carbocycles. The van der Waals surface area contributed by atoms with Gasteiger partial charge in [-0.15, -0.1) is 0 Å². The van der Waals surface area contributed by atoms with Crippen molar-refractivity contribution in [1.29, 1.82) is 0 Å². The number of hydrogen-bond acceptors (Lipinski definition) is 9. The molecule has 1 aliphatic heterocycles. The van der Waals surface area contributed by atoms with Crippen LogP contribution in [0.5, 0.6) is 0 Å². The SMILES string of the molecule is CCCCCCCCCCCCCCCCCCOP(=O)(O)OC[C@H]1O[C@@H](n2ccc(N)nc2=S)[C@@H](O)[C@@H]1O.[Na]. The van der Waals surface area contributed by atoms with Gasteiger partial charge in [-0.3, -0.25) is 13.6 Å². The maximum absolute atomic E-state index is 12.2. The van der Waals surface area contributed by atoms with Gasteiger partial charge in [-0.2, -0.15) is 0 Å². The molecule has 1 aromatic heterocycles. The van der Waals surface area contributed by atoms with E-state index in [2.05, 4.69) is 11.9 Å². The Labute approximate surface area is 267 Å². The van der Waals surface area contributed by atoms with E-state index in [9.17, 15) is 19.7 Å². The van der Waals surface area contributed by atoms with Gasteiger partial charge >= 0.3 is 7.82 Å². The zero-order chi connectivity index (χ0) is 28.5. The minimum atomic E-state index is -4.32. The van der Waals surface area contributed by atoms with Crippen molar-refractivity contribution in [1.82, 2.24) is 9.55 Å². The number of aromatic nitrogens is 2. The maximum Gasteiger partial charge on any atom is 0.472 e. The number of unbranched alkanes of at least 4 members (excludes halogenated alkanes) is 15. The molecule has 0 spiro atoms. The molecule has 0 saturated carbocycles. The van der Waals surface area contributed by atoms with Gasteiger partial charge in [0.15, 0.2) is 6.23 Å². The van der Waals surface area contributed by atoms with Crippen LogP contribution in [0.1, 0.15) is 116 Å². The fourth-order valence-electron chi connectivity index (χ4n) is 4.75. The number of aliphatic hydroxyl groups excluding tert-OH is 2. The average Bonchev–Trinajstić information content (AvgIpc) is 3.18. The van der Waals surface area contributed by atoms with Crippen LogP contribution in [-0.4, -0.2) is 85.7 Å². The van der Waals surface area contributed by atoms with Crippen LogP contribution in [0.3, 0.4) is 0 Å². The summed E-state index contributed by atoms with van der Waals surface area (Å²) in [5.41, 5.74) is 5.60. The van der Waals surface area contributed by atoms with Gasteiger partial charge in [0, 0.05) is 35.8 Å². The summed E-state index contributed by atoms with van der Waals surface area (Å²) in [6.45, 7) is 1.93. The van der Waals surface area contributed by atoms with Crippen molar-refractivity contribution in [2.24, 2.45) is 0 Å². The van der Waals surface area contributed by atoms with Crippen molar-refractivity contribution in [3.63, 3.8) is 0 Å². The molecule has 0 bridgehead atoms. The molecule has 2 heterocycles. The minimum absolute atomic E-state index is 0. The third kappa shape index (κ3) is 15.0. The third-order valence-electron chi connectivity index (χ3n) is 7.12. The van der Waals surface area contributed by atoms with Crippen molar-refractivity contribution >= 4 is 55.4 Å². The fraction of sp³-hybridized carbons (Fsp3) is 0.852. The molecule has 2 rings (SSSR count). The van der Waals surface area contributed by atoms with Crippen molar-refractivity contribution in [2.45, 2.75) is 134 Å². The summed E-state index contributed by atoms with van der Waals surface area (Å²) >= 11 is 5.13. The number of aliphatic hydroxyl groups is 2. The Morgan fingerprint density at radius 3 is 1.93 bits per heavy atom. The van der Waals surface area contributed by atoms with Gasteiger partial charge in [0.05, 0.1) is 13.2 Å². The number of nitrogens with two attached hydrogens (primary N) is 1. The van der Waals surface area contributed by atoms with E-state index >= 15 is 0 Å². The molecule has 5 atom stereocenters. The van der Waals surface area contributed by atoms with Crippen LogP contribution in [0.2, 0.25) is 0 Å². The van der Waals surface area contributed by atoms with Gasteiger partial charge in [0.25, 0.3) is 0 Å². The molecule has 13 heteroatoms. The Bertz CT molecular complexity index is 913. The van der Waals surface area contributed by atoms with E-state index in [0.717, 1.165) is 12.8 Å². The zero-order valence-electron chi connectivity index (χ0n) is 24.5. The Morgan fingerprint density at radius 1 is 0.925 bits per heavy atom. The molecule has 1 radical (unpaired) electrons. The normalized spacial score (nSPS) is 22.2. The summed E-state index contributed by atoms with van der Waals surface area (Å²) < 4.78 is 29.4. The number of ether oxygens (including phenoxy) is 1. The van der Waals surface area contributed by atoms with Crippen LogP contribution in [0.15, 0.2) is 12.3 Å². The summed E-state index contributed by atoms with van der Waals surface area (Å²) in [6, 6.07) is 1.48. The molecule has 0 amide bonds. The molecule has 227 valence electrons. The molecule has 1 aliphatic rings. The van der Waals surface area contributed by atoms with E-state index in [1.54, 1.807) is 0 Å². The van der Waals surface area contributed by atoms with E-state index in [4.69, 9.17) is 31.7 Å². The van der Waals surface area contributed by atoms with Gasteiger partial charge in [0.1, 0.15) is 24.1 Å². The number of nitrogens with zero attached hydrogens (tertiary/aromatic N) is 2. The number of rotatable bonds is 22. The van der Waals surface area contributed by atoms with Crippen molar-refractivity contribution in [2.75, 3.05) is 18.9 Å². The summed E-state index contributed by atoms with van der Waals surface area (Å²) in [4.78, 5) is 13.9. The van der Waals surface area contributed by atoms with Crippen LogP contribution in [0, 0.1) is 4.77 Å². The largest absolute Gasteiger partial charge is 0.472 e. The van der Waals surface area contributed by atoms with Crippen LogP contribution in [0.4, 0.5) is 5.82 Å². The van der Waals surface area contributed by atoms with E-state index in [0.29, 0.717) is 6.42 Å². The monoisotopic (exact) mass is 614 g/mol. The number of anilines is 1. The second-order valence-corrected chi connectivity index (χ2v) is 12.3. The summed E-state index contributed by atoms with van der Waals surface area (Å²) in [5.74, 6) is 0.215.